The summed E-state index contributed by atoms with van der Waals surface area (Å²) in [6, 6.07) is 1.42. The van der Waals surface area contributed by atoms with Crippen LogP contribution in [0.15, 0.2) is 17.1 Å². The molecular formula is C14H19N3O8. The van der Waals surface area contributed by atoms with E-state index in [1.165, 1.54) is 16.8 Å². The SMILES string of the molecule is CCOC(=O)Nc1ccn([C@@H]2CO[C@H](COC(=O)OCC)O2)c(=O)n1. The Morgan fingerprint density at radius 1 is 1.32 bits per heavy atom. The van der Waals surface area contributed by atoms with Crippen molar-refractivity contribution in [2.45, 2.75) is 26.4 Å². The van der Waals surface area contributed by atoms with E-state index in [4.69, 9.17) is 18.9 Å². The molecular weight excluding hydrogens is 338 g/mol. The van der Waals surface area contributed by atoms with Crippen molar-refractivity contribution in [3.8, 4) is 0 Å². The van der Waals surface area contributed by atoms with Crippen molar-refractivity contribution < 1.29 is 33.3 Å². The number of hydrogen-bond acceptors (Lipinski definition) is 9. The van der Waals surface area contributed by atoms with Gasteiger partial charge in [0.1, 0.15) is 12.4 Å². The standard InChI is InChI=1S/C14H19N3O8/c1-3-21-13(19)16-9-5-6-17(12(18)15-9)10-7-23-11(25-10)8-24-14(20)22-4-2/h5-6,10-11H,3-4,7-8H2,1-2H3,(H,15,16,18,19)/t10-,11-/m0/s1. The van der Waals surface area contributed by atoms with Crippen molar-refractivity contribution in [1.82, 2.24) is 9.55 Å². The molecule has 138 valence electrons. The Balaban J connectivity index is 1.91. The third-order valence-electron chi connectivity index (χ3n) is 2.98. The second-order valence-electron chi connectivity index (χ2n) is 4.70. The Kier molecular flexibility index (Phi) is 6.71. The number of aromatic nitrogens is 2. The van der Waals surface area contributed by atoms with E-state index < -0.39 is 30.5 Å². The predicted octanol–water partition coefficient (Wildman–Crippen LogP) is 0.856. The number of carbonyl (C=O) groups excluding carboxylic acids is 2. The van der Waals surface area contributed by atoms with Crippen LogP contribution in [-0.4, -0.2) is 54.5 Å². The molecule has 0 unspecified atom stereocenters. The van der Waals surface area contributed by atoms with Gasteiger partial charge in [-0.25, -0.2) is 14.4 Å². The van der Waals surface area contributed by atoms with E-state index >= 15 is 0 Å². The molecule has 0 spiro atoms. The van der Waals surface area contributed by atoms with Crippen LogP contribution in [0.2, 0.25) is 0 Å². The minimum Gasteiger partial charge on any atom is -0.450 e. The lowest BCUT2D eigenvalue weighted by Gasteiger charge is -2.13. The summed E-state index contributed by atoms with van der Waals surface area (Å²) >= 11 is 0. The van der Waals surface area contributed by atoms with Crippen molar-refractivity contribution in [1.29, 1.82) is 0 Å². The molecule has 0 saturated carbocycles. The zero-order valence-electron chi connectivity index (χ0n) is 13.8. The normalized spacial score (nSPS) is 19.3. The number of amides is 1. The minimum atomic E-state index is -0.827. The van der Waals surface area contributed by atoms with Crippen LogP contribution in [0.4, 0.5) is 15.4 Å². The Hall–Kier alpha value is -2.66. The maximum Gasteiger partial charge on any atom is 0.508 e. The molecule has 1 aliphatic rings. The van der Waals surface area contributed by atoms with Gasteiger partial charge >= 0.3 is 17.9 Å². The highest BCUT2D eigenvalue weighted by molar-refractivity contribution is 5.83. The van der Waals surface area contributed by atoms with Crippen molar-refractivity contribution in [3.63, 3.8) is 0 Å². The van der Waals surface area contributed by atoms with E-state index in [1.807, 2.05) is 0 Å². The van der Waals surface area contributed by atoms with Gasteiger partial charge in [-0.3, -0.25) is 9.88 Å². The van der Waals surface area contributed by atoms with Crippen LogP contribution in [-0.2, 0) is 23.7 Å². The molecule has 1 saturated heterocycles. The molecule has 2 rings (SSSR count). The molecule has 25 heavy (non-hydrogen) atoms. The zero-order chi connectivity index (χ0) is 18.2. The van der Waals surface area contributed by atoms with Gasteiger partial charge in [0, 0.05) is 6.20 Å². The molecule has 0 aliphatic carbocycles. The Morgan fingerprint density at radius 3 is 2.76 bits per heavy atom. The Morgan fingerprint density at radius 2 is 2.08 bits per heavy atom. The molecule has 1 aromatic rings. The second kappa shape index (κ2) is 8.99. The van der Waals surface area contributed by atoms with E-state index in [-0.39, 0.29) is 32.2 Å². The van der Waals surface area contributed by atoms with Crippen LogP contribution in [0.1, 0.15) is 20.1 Å². The average Bonchev–Trinajstić information content (AvgIpc) is 3.02. The molecule has 1 amide bonds. The van der Waals surface area contributed by atoms with Crippen LogP contribution in [0.5, 0.6) is 0 Å². The number of nitrogens with one attached hydrogen (secondary N) is 1. The third-order valence-corrected chi connectivity index (χ3v) is 2.98. The number of nitrogens with zero attached hydrogens (tertiary/aromatic N) is 2. The molecule has 11 nitrogen and oxygen atoms in total. The predicted molar refractivity (Wildman–Crippen MR) is 82.0 cm³/mol. The number of rotatable bonds is 6. The maximum absolute atomic E-state index is 12.0. The fraction of sp³-hybridized carbons (Fsp3) is 0.571. The van der Waals surface area contributed by atoms with Gasteiger partial charge in [0.05, 0.1) is 19.8 Å². The van der Waals surface area contributed by atoms with Gasteiger partial charge < -0.3 is 23.7 Å². The first-order valence-corrected chi connectivity index (χ1v) is 7.63. The summed E-state index contributed by atoms with van der Waals surface area (Å²) in [5.41, 5.74) is -0.644. The highest BCUT2D eigenvalue weighted by atomic mass is 16.8. The highest BCUT2D eigenvalue weighted by Gasteiger charge is 2.29. The average molecular weight is 357 g/mol. The lowest BCUT2D eigenvalue weighted by molar-refractivity contribution is -0.108. The maximum atomic E-state index is 12.0. The Bertz CT molecular complexity index is 662. The van der Waals surface area contributed by atoms with Crippen LogP contribution in [0, 0.1) is 0 Å². The van der Waals surface area contributed by atoms with Gasteiger partial charge in [0.2, 0.25) is 0 Å². The molecule has 1 N–H and O–H groups in total. The third kappa shape index (κ3) is 5.43. The van der Waals surface area contributed by atoms with Crippen molar-refractivity contribution in [3.05, 3.63) is 22.7 Å². The topological polar surface area (TPSA) is 127 Å². The summed E-state index contributed by atoms with van der Waals surface area (Å²) in [6.45, 7) is 3.61. The number of carbonyl (C=O) groups is 2. The molecule has 2 atom stereocenters. The number of anilines is 1. The van der Waals surface area contributed by atoms with Gasteiger partial charge in [-0.15, -0.1) is 0 Å². The minimum absolute atomic E-state index is 0.0563. The van der Waals surface area contributed by atoms with Crippen molar-refractivity contribution in [2.24, 2.45) is 0 Å². The van der Waals surface area contributed by atoms with Crippen LogP contribution in [0.3, 0.4) is 0 Å². The first-order chi connectivity index (χ1) is 12.0. The van der Waals surface area contributed by atoms with Gasteiger partial charge in [-0.2, -0.15) is 4.98 Å². The second-order valence-corrected chi connectivity index (χ2v) is 4.70. The summed E-state index contributed by atoms with van der Waals surface area (Å²) in [5, 5.41) is 2.33. The summed E-state index contributed by atoms with van der Waals surface area (Å²) in [5.74, 6) is 0.0563. The number of ether oxygens (including phenoxy) is 5. The lowest BCUT2D eigenvalue weighted by Crippen LogP contribution is -2.29. The van der Waals surface area contributed by atoms with Gasteiger partial charge in [0.25, 0.3) is 0 Å². The lowest BCUT2D eigenvalue weighted by atomic mass is 10.5. The highest BCUT2D eigenvalue weighted by Crippen LogP contribution is 2.20. The molecule has 2 heterocycles. The smallest absolute Gasteiger partial charge is 0.450 e. The quantitative estimate of drug-likeness (QED) is 0.737. The van der Waals surface area contributed by atoms with Gasteiger partial charge in [-0.1, -0.05) is 0 Å². The Labute approximate surface area is 142 Å². The van der Waals surface area contributed by atoms with E-state index in [1.54, 1.807) is 13.8 Å². The van der Waals surface area contributed by atoms with E-state index in [0.717, 1.165) is 0 Å². The van der Waals surface area contributed by atoms with E-state index in [0.29, 0.717) is 0 Å². The van der Waals surface area contributed by atoms with Crippen LogP contribution >= 0.6 is 0 Å². The molecule has 0 radical (unpaired) electrons. The zero-order valence-corrected chi connectivity index (χ0v) is 13.8. The first-order valence-electron chi connectivity index (χ1n) is 7.63. The summed E-state index contributed by atoms with van der Waals surface area (Å²) in [7, 11) is 0. The summed E-state index contributed by atoms with van der Waals surface area (Å²) in [4.78, 5) is 38.2. The molecule has 1 aliphatic heterocycles. The fourth-order valence-electron chi connectivity index (χ4n) is 1.95. The largest absolute Gasteiger partial charge is 0.508 e. The van der Waals surface area contributed by atoms with Crippen molar-refractivity contribution >= 4 is 18.1 Å². The molecule has 1 fully saturated rings. The molecule has 1 aromatic heterocycles. The van der Waals surface area contributed by atoms with Gasteiger partial charge in [-0.05, 0) is 19.9 Å². The summed E-state index contributed by atoms with van der Waals surface area (Å²) < 4.78 is 26.1. The molecule has 0 aromatic carbocycles. The van der Waals surface area contributed by atoms with Gasteiger partial charge in [0.15, 0.2) is 12.5 Å². The first kappa shape index (κ1) is 18.7. The van der Waals surface area contributed by atoms with E-state index in [2.05, 4.69) is 15.0 Å². The molecule has 0 bridgehead atoms. The number of hydrogen-bond donors (Lipinski definition) is 1. The monoisotopic (exact) mass is 357 g/mol. The van der Waals surface area contributed by atoms with Crippen LogP contribution in [0.25, 0.3) is 0 Å². The van der Waals surface area contributed by atoms with E-state index in [9.17, 15) is 14.4 Å². The fourth-order valence-corrected chi connectivity index (χ4v) is 1.95. The van der Waals surface area contributed by atoms with Crippen LogP contribution < -0.4 is 11.0 Å². The van der Waals surface area contributed by atoms with Crippen molar-refractivity contribution in [2.75, 3.05) is 31.7 Å². The molecule has 11 heteroatoms. The summed E-state index contributed by atoms with van der Waals surface area (Å²) in [6.07, 6.45) is -1.68.